The number of aliphatic imine (C=N–C) groups is 3. The summed E-state index contributed by atoms with van der Waals surface area (Å²) >= 11 is 1.77. The van der Waals surface area contributed by atoms with Crippen molar-refractivity contribution in [2.24, 2.45) is 29.1 Å². The molecule has 7 heteroatoms. The number of benzene rings is 1. The van der Waals surface area contributed by atoms with Gasteiger partial charge in [0.05, 0.1) is 51.1 Å². The van der Waals surface area contributed by atoms with Gasteiger partial charge in [-0.1, -0.05) is 36.4 Å². The molecule has 5 aliphatic heterocycles. The summed E-state index contributed by atoms with van der Waals surface area (Å²) in [6.45, 7) is 0. The second-order valence-electron chi connectivity index (χ2n) is 12.8. The van der Waals surface area contributed by atoms with Crippen molar-refractivity contribution in [2.45, 2.75) is 0 Å². The number of hydrogen-bond donors (Lipinski definition) is 0. The van der Waals surface area contributed by atoms with Gasteiger partial charge in [0.1, 0.15) is 14.1 Å². The van der Waals surface area contributed by atoms with Crippen molar-refractivity contribution in [2.75, 3.05) is 7.05 Å². The summed E-state index contributed by atoms with van der Waals surface area (Å²) in [6.07, 6.45) is 25.3. The van der Waals surface area contributed by atoms with Crippen molar-refractivity contribution < 1.29 is 9.13 Å². The number of likely N-dealkylation sites (N-methyl/N-ethyl adjacent to an activating group) is 1. The minimum absolute atomic E-state index is 0.855. The quantitative estimate of drug-likeness (QED) is 0.206. The van der Waals surface area contributed by atoms with Gasteiger partial charge >= 0.3 is 0 Å². The first-order chi connectivity index (χ1) is 25.0. The van der Waals surface area contributed by atoms with E-state index in [4.69, 9.17) is 15.0 Å². The molecule has 0 spiro atoms. The third-order valence-electron chi connectivity index (χ3n) is 9.55. The SMILES string of the molecule is CN1C=CC=CC1=C1C2=NC(=C(c3ccccc3)c3ccc(s3)C(c3cccc[n+]3C)=C3C=CC(=N3)C(c3cccc[n+]3C)=C3C=CC1=N3)C=C2. The van der Waals surface area contributed by atoms with E-state index in [1.165, 1.54) is 0 Å². The van der Waals surface area contributed by atoms with Crippen LogP contribution >= 0.6 is 11.3 Å². The molecule has 0 saturated carbocycles. The average molecular weight is 679 g/mol. The maximum atomic E-state index is 5.42. The van der Waals surface area contributed by atoms with E-state index in [0.29, 0.717) is 0 Å². The van der Waals surface area contributed by atoms with E-state index in [1.807, 2.05) is 12.1 Å². The predicted molar refractivity (Wildman–Crippen MR) is 208 cm³/mol. The molecule has 0 radical (unpaired) electrons. The van der Waals surface area contributed by atoms with Gasteiger partial charge < -0.3 is 4.90 Å². The van der Waals surface area contributed by atoms with Crippen molar-refractivity contribution in [3.8, 4) is 0 Å². The topological polar surface area (TPSA) is 48.1 Å². The predicted octanol–water partition coefficient (Wildman–Crippen LogP) is 7.64. The molecule has 9 rings (SSSR count). The Labute approximate surface area is 301 Å². The van der Waals surface area contributed by atoms with Gasteiger partial charge in [0.2, 0.25) is 11.4 Å². The number of nitrogens with zero attached hydrogens (tertiary/aromatic N) is 6. The average Bonchev–Trinajstić information content (AvgIpc) is 3.99. The lowest BCUT2D eigenvalue weighted by Crippen LogP contribution is -2.33. The van der Waals surface area contributed by atoms with E-state index in [-0.39, 0.29) is 0 Å². The van der Waals surface area contributed by atoms with Crippen LogP contribution in [0.5, 0.6) is 0 Å². The van der Waals surface area contributed by atoms with Crippen molar-refractivity contribution in [1.29, 1.82) is 0 Å². The molecule has 0 saturated heterocycles. The highest BCUT2D eigenvalue weighted by atomic mass is 32.1. The van der Waals surface area contributed by atoms with E-state index >= 15 is 0 Å². The molecular formula is C44H34N6S+2. The third kappa shape index (κ3) is 5.39. The molecule has 6 nitrogen and oxygen atoms in total. The highest BCUT2D eigenvalue weighted by molar-refractivity contribution is 7.14. The van der Waals surface area contributed by atoms with Gasteiger partial charge in [-0.15, -0.1) is 11.3 Å². The molecule has 0 N–H and O–H groups in total. The van der Waals surface area contributed by atoms with Gasteiger partial charge in [0.15, 0.2) is 12.4 Å². The second-order valence-corrected chi connectivity index (χ2v) is 13.9. The van der Waals surface area contributed by atoms with Crippen molar-refractivity contribution in [1.82, 2.24) is 4.90 Å². The number of rotatable bonds is 3. The first-order valence-corrected chi connectivity index (χ1v) is 17.8. The van der Waals surface area contributed by atoms with Gasteiger partial charge in [-0.05, 0) is 78.4 Å². The van der Waals surface area contributed by atoms with Gasteiger partial charge in [0.25, 0.3) is 0 Å². The van der Waals surface area contributed by atoms with Crippen LogP contribution in [0.4, 0.5) is 0 Å². The molecule has 1 aromatic carbocycles. The van der Waals surface area contributed by atoms with E-state index < -0.39 is 0 Å². The molecule has 244 valence electrons. The van der Waals surface area contributed by atoms with Crippen LogP contribution in [0.2, 0.25) is 0 Å². The molecule has 8 heterocycles. The van der Waals surface area contributed by atoms with Crippen LogP contribution in [-0.4, -0.2) is 29.1 Å². The standard InChI is InChI=1S/C44H34N6S/c1-48-26-10-7-15-36(48)42-31-19-18-30(45-31)41(29-13-5-4-6-14-29)39-24-25-40(51-39)44(38-17-9-12-28-50(38)3)35-23-22-34(47-35)43(33-21-20-32(42)46-33)37-16-8-11-27-49(37)2/h4-28H,1-3H3/q+2. The summed E-state index contributed by atoms with van der Waals surface area (Å²) in [4.78, 5) is 20.6. The maximum Gasteiger partial charge on any atom is 0.216 e. The number of allylic oxidation sites excluding steroid dienone is 11. The maximum absolute atomic E-state index is 5.42. The zero-order valence-electron chi connectivity index (χ0n) is 28.5. The summed E-state index contributed by atoms with van der Waals surface area (Å²) in [6, 6.07) is 27.6. The van der Waals surface area contributed by atoms with Gasteiger partial charge in [-0.2, -0.15) is 0 Å². The van der Waals surface area contributed by atoms with Crippen molar-refractivity contribution in [3.05, 3.63) is 207 Å². The van der Waals surface area contributed by atoms with Gasteiger partial charge in [-0.25, -0.2) is 24.1 Å². The minimum Gasteiger partial charge on any atom is -0.350 e. The molecule has 0 amide bonds. The fraction of sp³-hybridized carbons (Fsp3) is 0.0682. The Kier molecular flexibility index (Phi) is 7.55. The van der Waals surface area contributed by atoms with E-state index in [2.05, 4.69) is 175 Å². The molecule has 4 aromatic rings. The first-order valence-electron chi connectivity index (χ1n) is 17.0. The highest BCUT2D eigenvalue weighted by Crippen LogP contribution is 2.41. The molecule has 51 heavy (non-hydrogen) atoms. The van der Waals surface area contributed by atoms with E-state index in [1.54, 1.807) is 11.3 Å². The lowest BCUT2D eigenvalue weighted by Gasteiger charge is -2.22. The number of fused-ring (bicyclic) bond motifs is 5. The Hall–Kier alpha value is -6.31. The number of aryl methyl sites for hydroxylation is 2. The zero-order valence-corrected chi connectivity index (χ0v) is 29.3. The molecule has 3 aromatic heterocycles. The first kappa shape index (κ1) is 30.7. The summed E-state index contributed by atoms with van der Waals surface area (Å²) in [5.74, 6) is 0. The van der Waals surface area contributed by atoms with Crippen LogP contribution in [0.3, 0.4) is 0 Å². The van der Waals surface area contributed by atoms with Crippen LogP contribution in [0, 0.1) is 0 Å². The molecule has 0 atom stereocenters. The summed E-state index contributed by atoms with van der Waals surface area (Å²) in [7, 11) is 6.23. The van der Waals surface area contributed by atoms with Crippen molar-refractivity contribution >= 4 is 45.2 Å². The van der Waals surface area contributed by atoms with Crippen LogP contribution in [0.1, 0.15) is 26.7 Å². The fourth-order valence-corrected chi connectivity index (χ4v) is 8.21. The number of pyridine rings is 2. The van der Waals surface area contributed by atoms with E-state index in [9.17, 15) is 0 Å². The summed E-state index contributed by atoms with van der Waals surface area (Å²) < 4.78 is 4.31. The van der Waals surface area contributed by atoms with Crippen LogP contribution in [-0.2, 0) is 14.1 Å². The molecular weight excluding hydrogens is 645 g/mol. The number of hydrogen-bond acceptors (Lipinski definition) is 5. The van der Waals surface area contributed by atoms with E-state index in [0.717, 1.165) is 88.9 Å². The molecule has 5 aliphatic rings. The lowest BCUT2D eigenvalue weighted by atomic mass is 10.0. The Morgan fingerprint density at radius 1 is 0.510 bits per heavy atom. The highest BCUT2D eigenvalue weighted by Gasteiger charge is 2.31. The van der Waals surface area contributed by atoms with Gasteiger partial charge in [-0.3, -0.25) is 0 Å². The minimum atomic E-state index is 0.855. The Morgan fingerprint density at radius 3 is 1.65 bits per heavy atom. The van der Waals surface area contributed by atoms with Gasteiger partial charge in [0, 0.05) is 58.4 Å². The number of aromatic nitrogens is 2. The molecule has 8 bridgehead atoms. The van der Waals surface area contributed by atoms with Crippen LogP contribution in [0.15, 0.2) is 195 Å². The Balaban J connectivity index is 1.39. The second kappa shape index (κ2) is 12.5. The lowest BCUT2D eigenvalue weighted by molar-refractivity contribution is -0.673. The monoisotopic (exact) mass is 678 g/mol. The third-order valence-corrected chi connectivity index (χ3v) is 10.7. The zero-order chi connectivity index (χ0) is 34.5. The molecule has 0 unspecified atom stereocenters. The smallest absolute Gasteiger partial charge is 0.216 e. The fourth-order valence-electron chi connectivity index (χ4n) is 7.07. The Morgan fingerprint density at radius 2 is 1.04 bits per heavy atom. The molecule has 0 aliphatic carbocycles. The summed E-state index contributed by atoms with van der Waals surface area (Å²) in [5.41, 5.74) is 13.7. The van der Waals surface area contributed by atoms with Crippen LogP contribution in [0.25, 0.3) is 16.7 Å². The largest absolute Gasteiger partial charge is 0.350 e. The van der Waals surface area contributed by atoms with Crippen LogP contribution < -0.4 is 9.13 Å². The normalized spacial score (nSPS) is 19.1. The molecule has 0 fully saturated rings. The number of thiophene rings is 1. The Bertz CT molecular complexity index is 2540. The summed E-state index contributed by atoms with van der Waals surface area (Å²) in [5, 5.41) is 0. The van der Waals surface area contributed by atoms with Crippen molar-refractivity contribution in [3.63, 3.8) is 0 Å².